The molecular formula is C9H12BFO4. The van der Waals surface area contributed by atoms with Crippen molar-refractivity contribution in [3.8, 4) is 11.5 Å². The van der Waals surface area contributed by atoms with Crippen molar-refractivity contribution in [2.75, 3.05) is 6.61 Å². The maximum absolute atomic E-state index is 12.8. The summed E-state index contributed by atoms with van der Waals surface area (Å²) >= 11 is 0. The van der Waals surface area contributed by atoms with Gasteiger partial charge in [-0.15, -0.1) is 0 Å². The molecule has 4 nitrogen and oxygen atoms in total. The van der Waals surface area contributed by atoms with Crippen LogP contribution < -0.4 is 9.39 Å². The molecule has 82 valence electrons. The van der Waals surface area contributed by atoms with Gasteiger partial charge in [-0.1, -0.05) is 6.92 Å². The lowest BCUT2D eigenvalue weighted by molar-refractivity contribution is 0.266. The van der Waals surface area contributed by atoms with Gasteiger partial charge in [-0.2, -0.15) is 0 Å². The highest BCUT2D eigenvalue weighted by atomic mass is 19.1. The molecule has 0 amide bonds. The first-order valence-corrected chi connectivity index (χ1v) is 4.58. The summed E-state index contributed by atoms with van der Waals surface area (Å²) in [7, 11) is -1.99. The minimum atomic E-state index is -1.99. The lowest BCUT2D eigenvalue weighted by Crippen LogP contribution is -2.21. The molecule has 15 heavy (non-hydrogen) atoms. The second-order valence-electron chi connectivity index (χ2n) is 2.88. The van der Waals surface area contributed by atoms with E-state index in [-0.39, 0.29) is 11.5 Å². The number of halogens is 1. The van der Waals surface area contributed by atoms with Crippen molar-refractivity contribution in [3.05, 3.63) is 24.0 Å². The molecule has 6 heteroatoms. The predicted molar refractivity (Wildman–Crippen MR) is 53.0 cm³/mol. The van der Waals surface area contributed by atoms with Gasteiger partial charge in [-0.05, 0) is 18.6 Å². The molecule has 1 rings (SSSR count). The Morgan fingerprint density at radius 1 is 1.33 bits per heavy atom. The Morgan fingerprint density at radius 2 is 2.07 bits per heavy atom. The highest BCUT2D eigenvalue weighted by Crippen LogP contribution is 2.28. The Balaban J connectivity index is 2.82. The third-order valence-corrected chi connectivity index (χ3v) is 1.60. The van der Waals surface area contributed by atoms with E-state index >= 15 is 0 Å². The largest absolute Gasteiger partial charge is 0.707 e. The molecule has 1 aromatic rings. The Labute approximate surface area is 87.4 Å². The Kier molecular flexibility index (Phi) is 4.39. The summed E-state index contributed by atoms with van der Waals surface area (Å²) in [4.78, 5) is 0. The first kappa shape index (κ1) is 11.8. The number of hydrogen-bond donors (Lipinski definition) is 2. The Bertz CT molecular complexity index is 319. The number of hydrogen-bond acceptors (Lipinski definition) is 4. The summed E-state index contributed by atoms with van der Waals surface area (Å²) < 4.78 is 22.6. The van der Waals surface area contributed by atoms with Crippen LogP contribution in [0.2, 0.25) is 0 Å². The smallest absolute Gasteiger partial charge is 0.509 e. The molecule has 0 heterocycles. The molecule has 0 atom stereocenters. The fraction of sp³-hybridized carbons (Fsp3) is 0.333. The first-order chi connectivity index (χ1) is 7.13. The molecule has 0 aliphatic heterocycles. The van der Waals surface area contributed by atoms with Crippen molar-refractivity contribution in [2.24, 2.45) is 0 Å². The molecule has 0 unspecified atom stereocenters. The maximum atomic E-state index is 12.8. The molecule has 2 N–H and O–H groups in total. The van der Waals surface area contributed by atoms with E-state index in [1.807, 2.05) is 6.92 Å². The minimum absolute atomic E-state index is 0.0292. The van der Waals surface area contributed by atoms with Crippen LogP contribution >= 0.6 is 0 Å². The van der Waals surface area contributed by atoms with E-state index in [4.69, 9.17) is 14.8 Å². The van der Waals surface area contributed by atoms with Crippen molar-refractivity contribution in [1.29, 1.82) is 0 Å². The van der Waals surface area contributed by atoms with Crippen LogP contribution in [-0.2, 0) is 0 Å². The molecule has 0 aliphatic carbocycles. The topological polar surface area (TPSA) is 58.9 Å². The Morgan fingerprint density at radius 3 is 2.67 bits per heavy atom. The molecule has 0 radical (unpaired) electrons. The SMILES string of the molecule is CCCOc1ccc(F)cc1OB(O)O. The zero-order chi connectivity index (χ0) is 11.3. The lowest BCUT2D eigenvalue weighted by atomic mass is 10.2. The van der Waals surface area contributed by atoms with Crippen molar-refractivity contribution < 1.29 is 23.8 Å². The predicted octanol–water partition coefficient (Wildman–Crippen LogP) is 0.963. The van der Waals surface area contributed by atoms with E-state index in [2.05, 4.69) is 4.65 Å². The van der Waals surface area contributed by atoms with Crippen LogP contribution in [0.5, 0.6) is 11.5 Å². The van der Waals surface area contributed by atoms with E-state index in [1.165, 1.54) is 12.1 Å². The van der Waals surface area contributed by atoms with Crippen LogP contribution in [0.3, 0.4) is 0 Å². The normalized spacial score (nSPS) is 9.87. The average molecular weight is 214 g/mol. The van der Waals surface area contributed by atoms with Crippen LogP contribution in [0.25, 0.3) is 0 Å². The maximum Gasteiger partial charge on any atom is 0.707 e. The molecule has 0 saturated carbocycles. The van der Waals surface area contributed by atoms with Gasteiger partial charge in [-0.25, -0.2) is 4.39 Å². The fourth-order valence-electron chi connectivity index (χ4n) is 1.02. The summed E-state index contributed by atoms with van der Waals surface area (Å²) in [5.41, 5.74) is 0. The average Bonchev–Trinajstić information content (AvgIpc) is 2.16. The molecule has 0 bridgehead atoms. The summed E-state index contributed by atoms with van der Waals surface area (Å²) in [5.74, 6) is -0.278. The van der Waals surface area contributed by atoms with Gasteiger partial charge < -0.3 is 19.4 Å². The quantitative estimate of drug-likeness (QED) is 0.716. The van der Waals surface area contributed by atoms with Crippen molar-refractivity contribution in [1.82, 2.24) is 0 Å². The second-order valence-corrected chi connectivity index (χ2v) is 2.88. The van der Waals surface area contributed by atoms with E-state index in [9.17, 15) is 4.39 Å². The highest BCUT2D eigenvalue weighted by Gasteiger charge is 2.15. The third-order valence-electron chi connectivity index (χ3n) is 1.60. The second kappa shape index (κ2) is 5.58. The molecule has 0 fully saturated rings. The highest BCUT2D eigenvalue weighted by molar-refractivity contribution is 6.33. The molecule has 0 aliphatic rings. The van der Waals surface area contributed by atoms with Gasteiger partial charge in [0.15, 0.2) is 5.75 Å². The van der Waals surface area contributed by atoms with Gasteiger partial charge >= 0.3 is 7.32 Å². The standard InChI is InChI=1S/C9H12BFO4/c1-2-5-14-8-4-3-7(11)6-9(8)15-10(12)13/h3-4,6,12-13H,2,5H2,1H3. The third kappa shape index (κ3) is 3.77. The van der Waals surface area contributed by atoms with Crippen LogP contribution in [0.15, 0.2) is 18.2 Å². The van der Waals surface area contributed by atoms with Crippen molar-refractivity contribution in [3.63, 3.8) is 0 Å². The van der Waals surface area contributed by atoms with Gasteiger partial charge in [0, 0.05) is 6.07 Å². The molecule has 0 aromatic heterocycles. The number of rotatable bonds is 5. The van der Waals surface area contributed by atoms with Gasteiger partial charge in [-0.3, -0.25) is 0 Å². The van der Waals surface area contributed by atoms with Crippen LogP contribution in [-0.4, -0.2) is 24.0 Å². The van der Waals surface area contributed by atoms with E-state index < -0.39 is 13.1 Å². The van der Waals surface area contributed by atoms with Crippen molar-refractivity contribution >= 4 is 7.32 Å². The molecule has 0 saturated heterocycles. The van der Waals surface area contributed by atoms with Crippen LogP contribution in [0, 0.1) is 5.82 Å². The summed E-state index contributed by atoms with van der Waals surface area (Å²) in [6.07, 6.45) is 0.790. The lowest BCUT2D eigenvalue weighted by Gasteiger charge is -2.11. The van der Waals surface area contributed by atoms with Gasteiger partial charge in [0.05, 0.1) is 6.61 Å². The summed E-state index contributed by atoms with van der Waals surface area (Å²) in [5, 5.41) is 17.2. The fourth-order valence-corrected chi connectivity index (χ4v) is 1.02. The van der Waals surface area contributed by atoms with Gasteiger partial charge in [0.2, 0.25) is 0 Å². The summed E-state index contributed by atoms with van der Waals surface area (Å²) in [6, 6.07) is 3.62. The first-order valence-electron chi connectivity index (χ1n) is 4.58. The molecular weight excluding hydrogens is 202 g/mol. The zero-order valence-corrected chi connectivity index (χ0v) is 8.31. The van der Waals surface area contributed by atoms with Crippen molar-refractivity contribution in [2.45, 2.75) is 13.3 Å². The van der Waals surface area contributed by atoms with E-state index in [1.54, 1.807) is 0 Å². The number of benzene rings is 1. The molecule has 1 aromatic carbocycles. The summed E-state index contributed by atoms with van der Waals surface area (Å²) in [6.45, 7) is 2.37. The monoisotopic (exact) mass is 214 g/mol. The van der Waals surface area contributed by atoms with E-state index in [0.29, 0.717) is 6.61 Å². The molecule has 0 spiro atoms. The van der Waals surface area contributed by atoms with E-state index in [0.717, 1.165) is 12.5 Å². The van der Waals surface area contributed by atoms with Gasteiger partial charge in [0.25, 0.3) is 0 Å². The van der Waals surface area contributed by atoms with Crippen LogP contribution in [0.1, 0.15) is 13.3 Å². The zero-order valence-electron chi connectivity index (χ0n) is 8.31. The van der Waals surface area contributed by atoms with Crippen LogP contribution in [0.4, 0.5) is 4.39 Å². The minimum Gasteiger partial charge on any atom is -0.509 e. The number of ether oxygens (including phenoxy) is 1. The van der Waals surface area contributed by atoms with Gasteiger partial charge in [0.1, 0.15) is 11.6 Å². The Hall–Kier alpha value is -1.27.